The fourth-order valence-corrected chi connectivity index (χ4v) is 4.94. The van der Waals surface area contributed by atoms with Crippen LogP contribution < -0.4 is 0 Å². The molecular weight excluding hydrogens is 255 g/mol. The van der Waals surface area contributed by atoms with E-state index in [1.54, 1.807) is 6.08 Å². The lowest BCUT2D eigenvalue weighted by molar-refractivity contribution is -0.111. The van der Waals surface area contributed by atoms with Crippen LogP contribution in [0.1, 0.15) is 41.0 Å². The van der Waals surface area contributed by atoms with E-state index in [-0.39, 0.29) is 16.8 Å². The maximum atomic E-state index is 12.0. The third-order valence-electron chi connectivity index (χ3n) is 4.22. The highest BCUT2D eigenvalue weighted by molar-refractivity contribution is 7.57. The van der Waals surface area contributed by atoms with Gasteiger partial charge in [0.25, 0.3) is 0 Å². The highest BCUT2D eigenvalue weighted by Crippen LogP contribution is 2.63. The Balaban J connectivity index is 2.19. The molecule has 0 saturated carbocycles. The summed E-state index contributed by atoms with van der Waals surface area (Å²) in [5.74, 6) is 0.118. The first kappa shape index (κ1) is 14.7. The molecule has 1 atom stereocenters. The summed E-state index contributed by atoms with van der Waals surface area (Å²) in [4.78, 5) is 12.0. The van der Waals surface area contributed by atoms with Gasteiger partial charge in [0.05, 0.1) is 13.7 Å². The van der Waals surface area contributed by atoms with E-state index < -0.39 is 8.15 Å². The van der Waals surface area contributed by atoms with Crippen LogP contribution in [0.5, 0.6) is 0 Å². The molecule has 1 unspecified atom stereocenters. The molecule has 0 aromatic heterocycles. The predicted molar refractivity (Wildman–Crippen MR) is 81.3 cm³/mol. The van der Waals surface area contributed by atoms with Gasteiger partial charge in [-0.15, -0.1) is 0 Å². The molecule has 3 heteroatoms. The number of rotatable bonds is 2. The molecule has 2 rings (SSSR count). The Bertz CT molecular complexity index is 465. The summed E-state index contributed by atoms with van der Waals surface area (Å²) in [6, 6.07) is 0. The second-order valence-corrected chi connectivity index (χ2v) is 8.13. The topological polar surface area (TPSA) is 26.3 Å². The second kappa shape index (κ2) is 5.00. The number of hydrogen-bond donors (Lipinski definition) is 0. The first-order chi connectivity index (χ1) is 8.77. The summed E-state index contributed by atoms with van der Waals surface area (Å²) < 4.78 is 6.22. The fraction of sp³-hybridized carbons (Fsp3) is 0.562. The van der Waals surface area contributed by atoms with E-state index in [4.69, 9.17) is 4.52 Å². The van der Waals surface area contributed by atoms with E-state index in [9.17, 15) is 4.79 Å². The van der Waals surface area contributed by atoms with Gasteiger partial charge in [-0.3, -0.25) is 4.79 Å². The number of allylic oxidation sites excluding steroid dienone is 6. The maximum absolute atomic E-state index is 12.0. The minimum Gasteiger partial charge on any atom is -0.348 e. The van der Waals surface area contributed by atoms with Crippen molar-refractivity contribution < 1.29 is 9.32 Å². The molecule has 1 saturated heterocycles. The van der Waals surface area contributed by atoms with E-state index in [0.29, 0.717) is 0 Å². The van der Waals surface area contributed by atoms with Crippen LogP contribution in [0.2, 0.25) is 0 Å². The Morgan fingerprint density at radius 2 is 2.00 bits per heavy atom. The Hall–Kier alpha value is -0.720. The Morgan fingerprint density at radius 3 is 2.47 bits per heavy atom. The molecule has 104 valence electrons. The second-order valence-electron chi connectivity index (χ2n) is 6.36. The molecule has 0 radical (unpaired) electrons. The Labute approximate surface area is 117 Å². The zero-order valence-corrected chi connectivity index (χ0v) is 13.4. The standard InChI is InChI=1S/C16H23O2P/c1-6-7-12-8-9-13(10-14(12)17)19-11-15(2,3)16(4,5)18-19/h7-10H,6,11H2,1-5H3/b12-7-. The molecule has 0 bridgehead atoms. The molecule has 2 aliphatic rings. The molecule has 1 aliphatic carbocycles. The van der Waals surface area contributed by atoms with E-state index >= 15 is 0 Å². The van der Waals surface area contributed by atoms with Crippen molar-refractivity contribution in [3.05, 3.63) is 35.2 Å². The monoisotopic (exact) mass is 278 g/mol. The van der Waals surface area contributed by atoms with E-state index in [0.717, 1.165) is 23.5 Å². The average Bonchev–Trinajstić information content (AvgIpc) is 2.51. The van der Waals surface area contributed by atoms with Crippen LogP contribution in [0.15, 0.2) is 35.2 Å². The molecule has 0 aromatic carbocycles. The molecule has 1 fully saturated rings. The van der Waals surface area contributed by atoms with Gasteiger partial charge in [0.1, 0.15) is 0 Å². The molecule has 2 nitrogen and oxygen atoms in total. The zero-order valence-electron chi connectivity index (χ0n) is 12.5. The van der Waals surface area contributed by atoms with Gasteiger partial charge in [0.2, 0.25) is 0 Å². The van der Waals surface area contributed by atoms with Crippen molar-refractivity contribution in [1.29, 1.82) is 0 Å². The van der Waals surface area contributed by atoms with Crippen LogP contribution in [-0.2, 0) is 9.32 Å². The highest BCUT2D eigenvalue weighted by atomic mass is 31.1. The van der Waals surface area contributed by atoms with Crippen molar-refractivity contribution in [3.63, 3.8) is 0 Å². The number of hydrogen-bond acceptors (Lipinski definition) is 2. The first-order valence-corrected chi connectivity index (χ1v) is 8.32. The number of ketones is 1. The SMILES string of the molecule is CC/C=C1/C=CC(P2CC(C)(C)C(C)(C)O2)=CC1=O. The lowest BCUT2D eigenvalue weighted by Crippen LogP contribution is -2.36. The Kier molecular flexibility index (Phi) is 3.86. The van der Waals surface area contributed by atoms with Crippen molar-refractivity contribution in [2.24, 2.45) is 5.41 Å². The molecular formula is C16H23O2P. The van der Waals surface area contributed by atoms with E-state index in [1.165, 1.54) is 0 Å². The smallest absolute Gasteiger partial charge is 0.186 e. The largest absolute Gasteiger partial charge is 0.348 e. The van der Waals surface area contributed by atoms with Gasteiger partial charge in [-0.2, -0.15) is 0 Å². The fourth-order valence-electron chi connectivity index (χ4n) is 2.19. The average molecular weight is 278 g/mol. The number of carbonyl (C=O) groups is 1. The molecule has 0 N–H and O–H groups in total. The molecule has 1 aliphatic heterocycles. The molecule has 0 spiro atoms. The van der Waals surface area contributed by atoms with Crippen molar-refractivity contribution in [3.8, 4) is 0 Å². The minimum absolute atomic E-state index is 0.118. The van der Waals surface area contributed by atoms with Crippen molar-refractivity contribution >= 4 is 13.9 Å². The molecule has 0 amide bonds. The highest BCUT2D eigenvalue weighted by Gasteiger charge is 2.48. The molecule has 0 aromatic rings. The van der Waals surface area contributed by atoms with Crippen LogP contribution in [0.4, 0.5) is 0 Å². The van der Waals surface area contributed by atoms with Gasteiger partial charge in [-0.25, -0.2) is 0 Å². The summed E-state index contributed by atoms with van der Waals surface area (Å²) >= 11 is 0. The van der Waals surface area contributed by atoms with Gasteiger partial charge in [-0.1, -0.05) is 39.0 Å². The maximum Gasteiger partial charge on any atom is 0.186 e. The summed E-state index contributed by atoms with van der Waals surface area (Å²) in [5, 5.41) is 1.08. The van der Waals surface area contributed by atoms with Gasteiger partial charge in [0.15, 0.2) is 5.78 Å². The van der Waals surface area contributed by atoms with Crippen LogP contribution in [-0.4, -0.2) is 17.5 Å². The van der Waals surface area contributed by atoms with Crippen molar-refractivity contribution in [2.75, 3.05) is 6.16 Å². The van der Waals surface area contributed by atoms with Gasteiger partial charge in [-0.05, 0) is 31.8 Å². The molecule has 1 heterocycles. The lowest BCUT2D eigenvalue weighted by atomic mass is 9.79. The van der Waals surface area contributed by atoms with Crippen LogP contribution in [0.3, 0.4) is 0 Å². The zero-order chi connectivity index (χ0) is 14.3. The first-order valence-electron chi connectivity index (χ1n) is 6.88. The number of carbonyl (C=O) groups excluding carboxylic acids is 1. The predicted octanol–water partition coefficient (Wildman–Crippen LogP) is 4.58. The summed E-state index contributed by atoms with van der Waals surface area (Å²) in [6.07, 6.45) is 9.65. The van der Waals surface area contributed by atoms with Crippen LogP contribution in [0.25, 0.3) is 0 Å². The van der Waals surface area contributed by atoms with Gasteiger partial charge < -0.3 is 4.52 Å². The third-order valence-corrected chi connectivity index (χ3v) is 6.83. The summed E-state index contributed by atoms with van der Waals surface area (Å²) in [6.45, 7) is 10.8. The van der Waals surface area contributed by atoms with Crippen molar-refractivity contribution in [2.45, 2.75) is 46.6 Å². The van der Waals surface area contributed by atoms with Crippen LogP contribution >= 0.6 is 8.15 Å². The van der Waals surface area contributed by atoms with Gasteiger partial charge in [0, 0.05) is 17.0 Å². The van der Waals surface area contributed by atoms with E-state index in [2.05, 4.69) is 33.8 Å². The minimum atomic E-state index is -0.668. The molecule has 19 heavy (non-hydrogen) atoms. The summed E-state index contributed by atoms with van der Waals surface area (Å²) in [7, 11) is -0.668. The Morgan fingerprint density at radius 1 is 1.32 bits per heavy atom. The van der Waals surface area contributed by atoms with Crippen LogP contribution in [0, 0.1) is 5.41 Å². The van der Waals surface area contributed by atoms with E-state index in [1.807, 2.05) is 19.1 Å². The summed E-state index contributed by atoms with van der Waals surface area (Å²) in [5.41, 5.74) is 0.824. The van der Waals surface area contributed by atoms with Crippen molar-refractivity contribution in [1.82, 2.24) is 0 Å². The third kappa shape index (κ3) is 2.75. The quantitative estimate of drug-likeness (QED) is 0.546. The normalized spacial score (nSPS) is 30.8. The lowest BCUT2D eigenvalue weighted by Gasteiger charge is -2.32. The van der Waals surface area contributed by atoms with Gasteiger partial charge >= 0.3 is 0 Å².